The van der Waals surface area contributed by atoms with Crippen molar-refractivity contribution in [1.29, 1.82) is 0 Å². The van der Waals surface area contributed by atoms with E-state index in [0.29, 0.717) is 18.7 Å². The van der Waals surface area contributed by atoms with E-state index in [9.17, 15) is 23.9 Å². The van der Waals surface area contributed by atoms with Gasteiger partial charge in [-0.3, -0.25) is 9.59 Å². The zero-order chi connectivity index (χ0) is 34.2. The number of aliphatic hydroxyl groups is 1. The maximum Gasteiger partial charge on any atom is 0.408 e. The normalized spacial score (nSPS) is 15.4. The molecule has 0 aliphatic carbocycles. The van der Waals surface area contributed by atoms with Crippen molar-refractivity contribution in [2.24, 2.45) is 0 Å². The molecular formula is C34H45FN6O6. The summed E-state index contributed by atoms with van der Waals surface area (Å²) in [6, 6.07) is 13.4. The summed E-state index contributed by atoms with van der Waals surface area (Å²) in [4.78, 5) is 45.5. The van der Waals surface area contributed by atoms with Crippen LogP contribution in [-0.4, -0.2) is 80.6 Å². The first-order valence-electron chi connectivity index (χ1n) is 15.7. The second-order valence-corrected chi connectivity index (χ2v) is 13.1. The lowest BCUT2D eigenvalue weighted by atomic mass is 10.0. The Balaban J connectivity index is 1.50. The number of likely N-dealkylation sites (tertiary alicyclic amines) is 1. The molecule has 2 unspecified atom stereocenters. The van der Waals surface area contributed by atoms with Crippen LogP contribution in [0.4, 0.5) is 15.0 Å². The summed E-state index contributed by atoms with van der Waals surface area (Å²) in [6.07, 6.45) is 2.70. The number of imidazole rings is 1. The molecule has 0 saturated carbocycles. The van der Waals surface area contributed by atoms with Crippen molar-refractivity contribution >= 4 is 23.7 Å². The SMILES string of the molecule is CC(C)(C)OC(=O)NC(C)(C)C(=O)N[C@H](COCc1ccccc1)C(O)Nc1cn(C(C(=O)N2CCCC2)c2ccc(F)cc2)cn1. The minimum absolute atomic E-state index is 0.0936. The molecule has 0 radical (unpaired) electrons. The number of benzene rings is 2. The lowest BCUT2D eigenvalue weighted by Crippen LogP contribution is -2.60. The number of carbonyl (C=O) groups excluding carboxylic acids is 3. The zero-order valence-corrected chi connectivity index (χ0v) is 27.5. The molecule has 3 atom stereocenters. The van der Waals surface area contributed by atoms with E-state index in [2.05, 4.69) is 20.9 Å². The van der Waals surface area contributed by atoms with Gasteiger partial charge in [0.15, 0.2) is 0 Å². The second-order valence-electron chi connectivity index (χ2n) is 13.1. The Morgan fingerprint density at radius 1 is 1.00 bits per heavy atom. The van der Waals surface area contributed by atoms with Gasteiger partial charge >= 0.3 is 6.09 Å². The number of amides is 3. The molecule has 1 aromatic heterocycles. The number of halogens is 1. The molecule has 4 N–H and O–H groups in total. The van der Waals surface area contributed by atoms with Gasteiger partial charge in [-0.25, -0.2) is 14.2 Å². The van der Waals surface area contributed by atoms with E-state index >= 15 is 0 Å². The van der Waals surface area contributed by atoms with Crippen molar-refractivity contribution in [1.82, 2.24) is 25.1 Å². The Hall–Kier alpha value is -4.49. The van der Waals surface area contributed by atoms with E-state index in [1.807, 2.05) is 30.3 Å². The number of alkyl carbamates (subject to hydrolysis) is 1. The molecule has 4 rings (SSSR count). The van der Waals surface area contributed by atoms with Crippen LogP contribution >= 0.6 is 0 Å². The number of rotatable bonds is 13. The van der Waals surface area contributed by atoms with Crippen LogP contribution in [-0.2, 0) is 25.7 Å². The van der Waals surface area contributed by atoms with Crippen LogP contribution in [0.15, 0.2) is 67.1 Å². The van der Waals surface area contributed by atoms with Crippen molar-refractivity contribution in [3.8, 4) is 0 Å². The van der Waals surface area contributed by atoms with Gasteiger partial charge in [0.1, 0.15) is 35.0 Å². The minimum Gasteiger partial charge on any atom is -0.444 e. The summed E-state index contributed by atoms with van der Waals surface area (Å²) in [5.41, 5.74) is -0.672. The summed E-state index contributed by atoms with van der Waals surface area (Å²) >= 11 is 0. The zero-order valence-electron chi connectivity index (χ0n) is 27.5. The maximum atomic E-state index is 13.7. The fraction of sp³-hybridized carbons (Fsp3) is 0.471. The molecule has 3 aromatic rings. The van der Waals surface area contributed by atoms with Crippen molar-refractivity contribution in [2.75, 3.05) is 25.0 Å². The van der Waals surface area contributed by atoms with E-state index in [1.54, 1.807) is 48.6 Å². The average molecular weight is 653 g/mol. The van der Waals surface area contributed by atoms with Gasteiger partial charge in [-0.1, -0.05) is 42.5 Å². The quantitative estimate of drug-likeness (QED) is 0.203. The molecule has 1 saturated heterocycles. The number of anilines is 1. The summed E-state index contributed by atoms with van der Waals surface area (Å²) in [6.45, 7) is 9.59. The van der Waals surface area contributed by atoms with E-state index < -0.39 is 47.3 Å². The Bertz CT molecular complexity index is 1480. The molecule has 0 spiro atoms. The van der Waals surface area contributed by atoms with Gasteiger partial charge in [0.25, 0.3) is 0 Å². The lowest BCUT2D eigenvalue weighted by Gasteiger charge is -2.31. The topological polar surface area (TPSA) is 147 Å². The number of hydrogen-bond acceptors (Lipinski definition) is 8. The van der Waals surface area contributed by atoms with Crippen molar-refractivity contribution in [3.05, 3.63) is 84.1 Å². The van der Waals surface area contributed by atoms with Crippen molar-refractivity contribution in [3.63, 3.8) is 0 Å². The molecule has 3 amide bonds. The molecule has 13 heteroatoms. The number of ether oxygens (including phenoxy) is 2. The van der Waals surface area contributed by atoms with Gasteiger partial charge in [0.2, 0.25) is 11.8 Å². The van der Waals surface area contributed by atoms with E-state index in [4.69, 9.17) is 9.47 Å². The maximum absolute atomic E-state index is 13.7. The van der Waals surface area contributed by atoms with E-state index in [1.165, 1.54) is 32.3 Å². The van der Waals surface area contributed by atoms with E-state index in [0.717, 1.165) is 18.4 Å². The molecule has 12 nitrogen and oxygen atoms in total. The third-order valence-electron chi connectivity index (χ3n) is 7.52. The van der Waals surface area contributed by atoms with Gasteiger partial charge in [0, 0.05) is 19.3 Å². The summed E-state index contributed by atoms with van der Waals surface area (Å²) in [7, 11) is 0. The highest BCUT2D eigenvalue weighted by Crippen LogP contribution is 2.25. The van der Waals surface area contributed by atoms with Gasteiger partial charge in [-0.2, -0.15) is 0 Å². The van der Waals surface area contributed by atoms with Gasteiger partial charge in [-0.15, -0.1) is 0 Å². The molecule has 254 valence electrons. The highest BCUT2D eigenvalue weighted by molar-refractivity contribution is 5.89. The summed E-state index contributed by atoms with van der Waals surface area (Å²) < 4.78 is 26.5. The molecule has 2 heterocycles. The molecule has 1 fully saturated rings. The molecule has 1 aliphatic rings. The summed E-state index contributed by atoms with van der Waals surface area (Å²) in [5, 5.41) is 19.5. The third-order valence-corrected chi connectivity index (χ3v) is 7.52. The Labute approximate surface area is 274 Å². The monoisotopic (exact) mass is 652 g/mol. The number of aliphatic hydroxyl groups excluding tert-OH is 1. The van der Waals surface area contributed by atoms with E-state index in [-0.39, 0.29) is 24.9 Å². The largest absolute Gasteiger partial charge is 0.444 e. The van der Waals surface area contributed by atoms with Crippen LogP contribution in [0.3, 0.4) is 0 Å². The van der Waals surface area contributed by atoms with Crippen LogP contribution in [0.1, 0.15) is 64.6 Å². The van der Waals surface area contributed by atoms with Crippen LogP contribution in [0, 0.1) is 5.82 Å². The second kappa shape index (κ2) is 15.4. The van der Waals surface area contributed by atoms with Gasteiger partial charge in [0.05, 0.1) is 25.6 Å². The number of nitrogens with zero attached hydrogens (tertiary/aromatic N) is 3. The first-order chi connectivity index (χ1) is 22.2. The highest BCUT2D eigenvalue weighted by Gasteiger charge is 2.35. The first kappa shape index (κ1) is 35.4. The fourth-order valence-electron chi connectivity index (χ4n) is 5.06. The van der Waals surface area contributed by atoms with Crippen LogP contribution in [0.2, 0.25) is 0 Å². The molecule has 1 aliphatic heterocycles. The fourth-order valence-corrected chi connectivity index (χ4v) is 5.06. The number of aromatic nitrogens is 2. The smallest absolute Gasteiger partial charge is 0.408 e. The van der Waals surface area contributed by atoms with Gasteiger partial charge < -0.3 is 40.0 Å². The predicted molar refractivity (Wildman–Crippen MR) is 174 cm³/mol. The van der Waals surface area contributed by atoms with Crippen molar-refractivity contribution in [2.45, 2.75) is 83.5 Å². The number of hydrogen-bond donors (Lipinski definition) is 4. The third kappa shape index (κ3) is 10.2. The minimum atomic E-state index is -1.40. The van der Waals surface area contributed by atoms with Crippen LogP contribution in [0.25, 0.3) is 0 Å². The standard InChI is InChI=1S/C34H45FN6O6/c1-33(2,3)47-32(45)39-34(4,5)31(44)37-26(21-46-20-23-11-7-6-8-12-23)29(42)38-27-19-41(22-36-27)28(24-13-15-25(35)16-14-24)30(43)40-17-9-10-18-40/h6-8,11-16,19,22,26,28-29,38,42H,9-10,17-18,20-21H2,1-5H3,(H,37,44)(H,39,45)/t26-,28?,29?/m1/s1. The molecule has 2 aromatic carbocycles. The first-order valence-corrected chi connectivity index (χ1v) is 15.7. The van der Waals surface area contributed by atoms with Crippen LogP contribution in [0.5, 0.6) is 0 Å². The molecular weight excluding hydrogens is 607 g/mol. The Morgan fingerprint density at radius 2 is 1.66 bits per heavy atom. The highest BCUT2D eigenvalue weighted by atomic mass is 19.1. The summed E-state index contributed by atoms with van der Waals surface area (Å²) in [5.74, 6) is -0.912. The number of carbonyl (C=O) groups is 3. The molecule has 0 bridgehead atoms. The number of nitrogens with one attached hydrogen (secondary N) is 3. The van der Waals surface area contributed by atoms with Gasteiger partial charge in [-0.05, 0) is 70.7 Å². The Kier molecular flexibility index (Phi) is 11.6. The predicted octanol–water partition coefficient (Wildman–Crippen LogP) is 3.97. The van der Waals surface area contributed by atoms with Crippen LogP contribution < -0.4 is 16.0 Å². The molecule has 47 heavy (non-hydrogen) atoms. The Morgan fingerprint density at radius 3 is 2.30 bits per heavy atom. The van der Waals surface area contributed by atoms with Crippen molar-refractivity contribution < 1.29 is 33.4 Å². The average Bonchev–Trinajstić information content (AvgIpc) is 3.70. The lowest BCUT2D eigenvalue weighted by molar-refractivity contribution is -0.132.